The molecular formula is C24H35N3O6. The number of amides is 3. The quantitative estimate of drug-likeness (QED) is 0.441. The molecule has 3 aliphatic rings. The van der Waals surface area contributed by atoms with Crippen LogP contribution in [0.1, 0.15) is 56.4 Å². The van der Waals surface area contributed by atoms with Gasteiger partial charge in [-0.3, -0.25) is 4.79 Å². The lowest BCUT2D eigenvalue weighted by Crippen LogP contribution is -2.47. The smallest absolute Gasteiger partial charge is 0.319 e. The monoisotopic (exact) mass is 461 g/mol. The summed E-state index contributed by atoms with van der Waals surface area (Å²) in [6.45, 7) is 0.708. The molecule has 2 aliphatic heterocycles. The summed E-state index contributed by atoms with van der Waals surface area (Å²) in [6, 6.07) is 5.66. The second-order valence-corrected chi connectivity index (χ2v) is 9.14. The van der Waals surface area contributed by atoms with Crippen LogP contribution in [0.5, 0.6) is 5.75 Å². The van der Waals surface area contributed by atoms with E-state index in [9.17, 15) is 14.7 Å². The maximum absolute atomic E-state index is 12.5. The van der Waals surface area contributed by atoms with Crippen LogP contribution in [-0.4, -0.2) is 68.3 Å². The molecular weight excluding hydrogens is 426 g/mol. The summed E-state index contributed by atoms with van der Waals surface area (Å²) in [5.74, 6) is 0.599. The lowest BCUT2D eigenvalue weighted by molar-refractivity contribution is -0.142. The number of aliphatic hydroxyl groups excluding tert-OH is 1. The molecule has 9 nitrogen and oxygen atoms in total. The van der Waals surface area contributed by atoms with Crippen molar-refractivity contribution in [3.63, 3.8) is 0 Å². The third-order valence-electron chi connectivity index (χ3n) is 6.74. The number of nitrogens with one attached hydrogen (secondary N) is 3. The number of hydrogen-bond donors (Lipinski definition) is 4. The molecule has 3 amide bonds. The first-order valence-electron chi connectivity index (χ1n) is 12.0. The number of aliphatic hydroxyl groups is 1. The number of ether oxygens (including phenoxy) is 3. The Kier molecular flexibility index (Phi) is 8.06. The number of fused-ring (bicyclic) bond motifs is 3. The third-order valence-corrected chi connectivity index (χ3v) is 6.74. The van der Waals surface area contributed by atoms with Gasteiger partial charge < -0.3 is 35.3 Å². The Labute approximate surface area is 194 Å². The molecule has 2 fully saturated rings. The van der Waals surface area contributed by atoms with Gasteiger partial charge >= 0.3 is 6.03 Å². The van der Waals surface area contributed by atoms with Gasteiger partial charge in [-0.25, -0.2) is 4.79 Å². The normalized spacial score (nSPS) is 26.6. The molecule has 1 aliphatic carbocycles. The van der Waals surface area contributed by atoms with Gasteiger partial charge in [0.2, 0.25) is 5.91 Å². The molecule has 1 aromatic rings. The molecule has 9 heteroatoms. The van der Waals surface area contributed by atoms with Gasteiger partial charge in [-0.1, -0.05) is 19.3 Å². The van der Waals surface area contributed by atoms with E-state index in [0.717, 1.165) is 37.0 Å². The average molecular weight is 462 g/mol. The number of rotatable bonds is 8. The van der Waals surface area contributed by atoms with Crippen molar-refractivity contribution in [2.24, 2.45) is 0 Å². The van der Waals surface area contributed by atoms with Crippen LogP contribution >= 0.6 is 0 Å². The summed E-state index contributed by atoms with van der Waals surface area (Å²) in [5.41, 5.74) is 1.68. The highest BCUT2D eigenvalue weighted by atomic mass is 16.6. The Morgan fingerprint density at radius 1 is 1.21 bits per heavy atom. The first kappa shape index (κ1) is 23.8. The summed E-state index contributed by atoms with van der Waals surface area (Å²) >= 11 is 0. The molecule has 0 radical (unpaired) electrons. The zero-order chi connectivity index (χ0) is 23.2. The van der Waals surface area contributed by atoms with Crippen LogP contribution in [0.3, 0.4) is 0 Å². The molecule has 0 unspecified atom stereocenters. The summed E-state index contributed by atoms with van der Waals surface area (Å²) < 4.78 is 17.1. The number of benzene rings is 1. The van der Waals surface area contributed by atoms with Gasteiger partial charge in [-0.05, 0) is 37.5 Å². The van der Waals surface area contributed by atoms with E-state index in [1.807, 2.05) is 18.2 Å². The van der Waals surface area contributed by atoms with Gasteiger partial charge in [0.25, 0.3) is 0 Å². The van der Waals surface area contributed by atoms with E-state index in [2.05, 4.69) is 16.0 Å². The van der Waals surface area contributed by atoms with Crippen LogP contribution in [0.2, 0.25) is 0 Å². The van der Waals surface area contributed by atoms with Crippen molar-refractivity contribution in [2.75, 3.05) is 32.2 Å². The molecule has 4 atom stereocenters. The molecule has 1 saturated carbocycles. The van der Waals surface area contributed by atoms with Crippen LogP contribution in [0.25, 0.3) is 0 Å². The fraction of sp³-hybridized carbons (Fsp3) is 0.667. The molecule has 0 spiro atoms. The molecule has 4 N–H and O–H groups in total. The maximum atomic E-state index is 12.5. The summed E-state index contributed by atoms with van der Waals surface area (Å²) in [4.78, 5) is 24.7. The summed E-state index contributed by atoms with van der Waals surface area (Å²) in [6.07, 6.45) is 5.25. The first-order chi connectivity index (χ1) is 16.1. The Balaban J connectivity index is 1.40. The highest BCUT2D eigenvalue weighted by Crippen LogP contribution is 2.47. The number of methoxy groups -OCH3 is 1. The minimum absolute atomic E-state index is 0.0224. The standard InChI is InChI=1S/C24H35N3O6/c1-31-10-9-25-22(29)13-17-12-19-18-11-16(27-24(30)26-15-5-3-2-4-6-15)7-8-20(18)33-23(19)21(14-28)32-17/h7-8,11,15,17,19,21,23,28H,2-6,9-10,12-14H2,1H3,(H,25,29)(H2,26,27,30)/t17-,19+,21-,23-/m0/s1. The zero-order valence-electron chi connectivity index (χ0n) is 19.2. The Hall–Kier alpha value is -2.36. The molecule has 33 heavy (non-hydrogen) atoms. The Morgan fingerprint density at radius 2 is 2.03 bits per heavy atom. The van der Waals surface area contributed by atoms with E-state index in [0.29, 0.717) is 25.3 Å². The van der Waals surface area contributed by atoms with Crippen molar-refractivity contribution in [3.8, 4) is 5.75 Å². The number of carbonyl (C=O) groups is 2. The third kappa shape index (κ3) is 5.96. The first-order valence-corrected chi connectivity index (χ1v) is 12.0. The average Bonchev–Trinajstić information content (AvgIpc) is 3.17. The molecule has 1 saturated heterocycles. The van der Waals surface area contributed by atoms with Crippen LogP contribution in [0.4, 0.5) is 10.5 Å². The maximum Gasteiger partial charge on any atom is 0.319 e. The molecule has 2 heterocycles. The van der Waals surface area contributed by atoms with Gasteiger partial charge in [0.15, 0.2) is 0 Å². The predicted octanol–water partition coefficient (Wildman–Crippen LogP) is 2.29. The molecule has 1 aromatic carbocycles. The van der Waals surface area contributed by atoms with Crippen molar-refractivity contribution in [1.82, 2.24) is 10.6 Å². The Morgan fingerprint density at radius 3 is 2.79 bits per heavy atom. The topological polar surface area (TPSA) is 118 Å². The minimum atomic E-state index is -0.515. The van der Waals surface area contributed by atoms with E-state index in [1.54, 1.807) is 7.11 Å². The molecule has 182 valence electrons. The Bertz CT molecular complexity index is 828. The fourth-order valence-electron chi connectivity index (χ4n) is 5.14. The van der Waals surface area contributed by atoms with Crippen LogP contribution in [-0.2, 0) is 14.3 Å². The zero-order valence-corrected chi connectivity index (χ0v) is 19.2. The molecule has 0 bridgehead atoms. The van der Waals surface area contributed by atoms with E-state index in [1.165, 1.54) is 6.42 Å². The lowest BCUT2D eigenvalue weighted by atomic mass is 9.84. The van der Waals surface area contributed by atoms with E-state index in [4.69, 9.17) is 14.2 Å². The highest BCUT2D eigenvalue weighted by Gasteiger charge is 2.46. The van der Waals surface area contributed by atoms with Gasteiger partial charge in [0.05, 0.1) is 25.7 Å². The van der Waals surface area contributed by atoms with Crippen LogP contribution < -0.4 is 20.7 Å². The van der Waals surface area contributed by atoms with Crippen LogP contribution in [0, 0.1) is 0 Å². The number of hydrogen-bond acceptors (Lipinski definition) is 6. The number of carbonyl (C=O) groups excluding carboxylic acids is 2. The second kappa shape index (κ2) is 11.2. The van der Waals surface area contributed by atoms with Crippen molar-refractivity contribution < 1.29 is 28.9 Å². The second-order valence-electron chi connectivity index (χ2n) is 9.14. The van der Waals surface area contributed by atoms with Gasteiger partial charge in [0.1, 0.15) is 18.0 Å². The predicted molar refractivity (Wildman–Crippen MR) is 122 cm³/mol. The van der Waals surface area contributed by atoms with Gasteiger partial charge in [0, 0.05) is 36.9 Å². The number of urea groups is 1. The van der Waals surface area contributed by atoms with E-state index >= 15 is 0 Å². The van der Waals surface area contributed by atoms with Gasteiger partial charge in [-0.15, -0.1) is 0 Å². The largest absolute Gasteiger partial charge is 0.487 e. The molecule has 0 aromatic heterocycles. The number of anilines is 1. The van der Waals surface area contributed by atoms with Crippen molar-refractivity contribution in [1.29, 1.82) is 0 Å². The van der Waals surface area contributed by atoms with Crippen LogP contribution in [0.15, 0.2) is 18.2 Å². The summed E-state index contributed by atoms with van der Waals surface area (Å²) in [5, 5.41) is 18.7. The highest BCUT2D eigenvalue weighted by molar-refractivity contribution is 5.89. The SMILES string of the molecule is COCCNC(=O)C[C@@H]1C[C@@H]2c3cc(NC(=O)NC4CCCCC4)ccc3O[C@@H]2[C@H](CO)O1. The van der Waals surface area contributed by atoms with Gasteiger partial charge in [-0.2, -0.15) is 0 Å². The van der Waals surface area contributed by atoms with Crippen molar-refractivity contribution in [3.05, 3.63) is 23.8 Å². The van der Waals surface area contributed by atoms with E-state index in [-0.39, 0.29) is 49.1 Å². The minimum Gasteiger partial charge on any atom is -0.487 e. The summed E-state index contributed by atoms with van der Waals surface area (Å²) in [7, 11) is 1.59. The molecule has 4 rings (SSSR count). The van der Waals surface area contributed by atoms with Crippen molar-refractivity contribution in [2.45, 2.75) is 75.2 Å². The van der Waals surface area contributed by atoms with E-state index < -0.39 is 6.10 Å². The van der Waals surface area contributed by atoms with Crippen molar-refractivity contribution >= 4 is 17.6 Å². The lowest BCUT2D eigenvalue weighted by Gasteiger charge is -2.37. The fourth-order valence-corrected chi connectivity index (χ4v) is 5.14.